The number of nitrogens with zero attached hydrogens (tertiary/aromatic N) is 1. The molecule has 0 aliphatic heterocycles. The normalized spacial score (nSPS) is 11.6. The molecule has 1 aromatic heterocycles. The van der Waals surface area contributed by atoms with E-state index in [1.807, 2.05) is 0 Å². The Morgan fingerprint density at radius 2 is 1.50 bits per heavy atom. The predicted molar refractivity (Wildman–Crippen MR) is 86.3 cm³/mol. The van der Waals surface area contributed by atoms with E-state index in [2.05, 4.69) is 4.98 Å². The van der Waals surface area contributed by atoms with Crippen LogP contribution in [0.5, 0.6) is 0 Å². The van der Waals surface area contributed by atoms with E-state index in [0.29, 0.717) is 18.2 Å². The molecule has 0 saturated carbocycles. The van der Waals surface area contributed by atoms with E-state index in [1.54, 1.807) is 0 Å². The minimum atomic E-state index is -4.46. The molecule has 0 saturated heterocycles. The van der Waals surface area contributed by atoms with E-state index in [9.17, 15) is 26.0 Å². The smallest absolute Gasteiger partial charge is 0.241 e. The Labute approximate surface area is 146 Å². The molecule has 0 aliphatic carbocycles. The highest BCUT2D eigenvalue weighted by Crippen LogP contribution is 2.34. The highest BCUT2D eigenvalue weighted by atomic mass is 32.2. The number of rotatable bonds is 3. The minimum Gasteiger partial charge on any atom is -0.255 e. The summed E-state index contributed by atoms with van der Waals surface area (Å²) in [5.41, 5.74) is -0.307. The number of sulfonamides is 1. The molecule has 9 heteroatoms. The minimum absolute atomic E-state index is 0.0564. The van der Waals surface area contributed by atoms with E-state index < -0.39 is 38.2 Å². The lowest BCUT2D eigenvalue weighted by molar-refractivity contribution is 0.555. The third kappa shape index (κ3) is 3.44. The Bertz CT molecular complexity index is 1100. The molecule has 0 aliphatic rings. The molecule has 0 amide bonds. The summed E-state index contributed by atoms with van der Waals surface area (Å²) in [6.07, 6.45) is 1.28. The molecule has 0 bridgehead atoms. The second kappa shape index (κ2) is 6.50. The van der Waals surface area contributed by atoms with Gasteiger partial charge in [0.25, 0.3) is 0 Å². The lowest BCUT2D eigenvalue weighted by Gasteiger charge is -2.11. The Balaban J connectivity index is 2.25. The van der Waals surface area contributed by atoms with E-state index >= 15 is 0 Å². The average Bonchev–Trinajstić information content (AvgIpc) is 2.55. The fourth-order valence-electron chi connectivity index (χ4n) is 2.49. The van der Waals surface area contributed by atoms with Crippen molar-refractivity contribution in [2.24, 2.45) is 5.14 Å². The van der Waals surface area contributed by atoms with Gasteiger partial charge in [-0.15, -0.1) is 0 Å². The number of nitrogens with two attached hydrogens (primary N) is 1. The van der Waals surface area contributed by atoms with Crippen LogP contribution in [0, 0.1) is 23.3 Å². The van der Waals surface area contributed by atoms with Crippen LogP contribution >= 0.6 is 0 Å². The summed E-state index contributed by atoms with van der Waals surface area (Å²) >= 11 is 0. The average molecular weight is 382 g/mol. The summed E-state index contributed by atoms with van der Waals surface area (Å²) in [4.78, 5) is 2.94. The number of pyridine rings is 1. The third-order valence-corrected chi connectivity index (χ3v) is 4.49. The number of hydrogen-bond donors (Lipinski definition) is 1. The van der Waals surface area contributed by atoms with Crippen molar-refractivity contribution in [3.63, 3.8) is 0 Å². The van der Waals surface area contributed by atoms with Gasteiger partial charge in [-0.3, -0.25) is 4.98 Å². The maximum absolute atomic E-state index is 14.4. The van der Waals surface area contributed by atoms with Crippen LogP contribution in [0.2, 0.25) is 0 Å². The largest absolute Gasteiger partial charge is 0.255 e. The van der Waals surface area contributed by atoms with Gasteiger partial charge in [-0.05, 0) is 35.9 Å². The van der Waals surface area contributed by atoms with Crippen LogP contribution in [-0.4, -0.2) is 13.4 Å². The monoisotopic (exact) mass is 382 g/mol. The van der Waals surface area contributed by atoms with Gasteiger partial charge in [0.1, 0.15) is 28.2 Å². The van der Waals surface area contributed by atoms with E-state index in [1.165, 1.54) is 18.3 Å². The first kappa shape index (κ1) is 18.0. The quantitative estimate of drug-likeness (QED) is 0.704. The Kier molecular flexibility index (Phi) is 4.51. The van der Waals surface area contributed by atoms with Gasteiger partial charge in [-0.1, -0.05) is 6.07 Å². The third-order valence-electron chi connectivity index (χ3n) is 3.56. The van der Waals surface area contributed by atoms with Crippen molar-refractivity contribution in [2.45, 2.75) is 4.90 Å². The molecule has 0 spiro atoms. The van der Waals surface area contributed by atoms with Crippen LogP contribution in [0.25, 0.3) is 22.4 Å². The fourth-order valence-corrected chi connectivity index (χ4v) is 3.09. The van der Waals surface area contributed by atoms with Crippen LogP contribution < -0.4 is 5.14 Å². The van der Waals surface area contributed by atoms with Crippen LogP contribution in [0.1, 0.15) is 0 Å². The van der Waals surface area contributed by atoms with Crippen molar-refractivity contribution < 1.29 is 26.0 Å². The Hall–Kier alpha value is -2.78. The first-order chi connectivity index (χ1) is 12.2. The molecular formula is C17H10F4N2O2S. The maximum atomic E-state index is 14.4. The summed E-state index contributed by atoms with van der Waals surface area (Å²) in [6, 6.07) is 6.62. The van der Waals surface area contributed by atoms with Gasteiger partial charge in [-0.2, -0.15) is 0 Å². The van der Waals surface area contributed by atoms with Crippen LogP contribution in [0.4, 0.5) is 17.6 Å². The Morgan fingerprint density at radius 3 is 2.12 bits per heavy atom. The lowest BCUT2D eigenvalue weighted by Crippen LogP contribution is -2.14. The molecule has 1 heterocycles. The topological polar surface area (TPSA) is 73.1 Å². The fraction of sp³-hybridized carbons (Fsp3) is 0. The number of benzene rings is 2. The first-order valence-electron chi connectivity index (χ1n) is 7.10. The summed E-state index contributed by atoms with van der Waals surface area (Å²) in [7, 11) is -4.46. The van der Waals surface area contributed by atoms with E-state index in [4.69, 9.17) is 5.14 Å². The molecule has 3 rings (SSSR count). The predicted octanol–water partition coefficient (Wildman–Crippen LogP) is 3.62. The van der Waals surface area contributed by atoms with Crippen molar-refractivity contribution in [3.8, 4) is 22.4 Å². The number of primary sulfonamides is 1. The second-order valence-electron chi connectivity index (χ2n) is 5.37. The molecule has 2 N–H and O–H groups in total. The lowest BCUT2D eigenvalue weighted by atomic mass is 9.99. The second-order valence-corrected chi connectivity index (χ2v) is 6.90. The molecule has 0 radical (unpaired) electrons. The molecule has 2 aromatic carbocycles. The van der Waals surface area contributed by atoms with Gasteiger partial charge in [0.05, 0.1) is 5.69 Å². The molecule has 134 valence electrons. The highest BCUT2D eigenvalue weighted by Gasteiger charge is 2.21. The summed E-state index contributed by atoms with van der Waals surface area (Å²) in [5, 5.41) is 4.84. The highest BCUT2D eigenvalue weighted by molar-refractivity contribution is 7.89. The van der Waals surface area contributed by atoms with Crippen molar-refractivity contribution in [3.05, 3.63) is 71.9 Å². The van der Waals surface area contributed by atoms with E-state index in [0.717, 1.165) is 12.1 Å². The summed E-state index contributed by atoms with van der Waals surface area (Å²) < 4.78 is 78.1. The van der Waals surface area contributed by atoms with E-state index in [-0.39, 0.29) is 22.4 Å². The van der Waals surface area contributed by atoms with Gasteiger partial charge >= 0.3 is 0 Å². The van der Waals surface area contributed by atoms with Gasteiger partial charge < -0.3 is 0 Å². The van der Waals surface area contributed by atoms with Gasteiger partial charge in [0, 0.05) is 23.4 Å². The van der Waals surface area contributed by atoms with Crippen LogP contribution in [-0.2, 0) is 10.0 Å². The summed E-state index contributed by atoms with van der Waals surface area (Å²) in [6.45, 7) is 0. The van der Waals surface area contributed by atoms with Crippen LogP contribution in [0.3, 0.4) is 0 Å². The molecule has 26 heavy (non-hydrogen) atoms. The maximum Gasteiger partial charge on any atom is 0.241 e. The van der Waals surface area contributed by atoms with Crippen molar-refractivity contribution >= 4 is 10.0 Å². The number of hydrogen-bond acceptors (Lipinski definition) is 3. The van der Waals surface area contributed by atoms with Gasteiger partial charge in [-0.25, -0.2) is 31.1 Å². The zero-order valence-electron chi connectivity index (χ0n) is 12.9. The zero-order valence-corrected chi connectivity index (χ0v) is 13.7. The van der Waals surface area contributed by atoms with Crippen LogP contribution in [0.15, 0.2) is 53.6 Å². The molecule has 3 aromatic rings. The number of aromatic nitrogens is 1. The molecule has 0 unspecified atom stereocenters. The summed E-state index contributed by atoms with van der Waals surface area (Å²) in [5.74, 6) is -4.09. The molecule has 4 nitrogen and oxygen atoms in total. The Morgan fingerprint density at radius 1 is 0.846 bits per heavy atom. The van der Waals surface area contributed by atoms with Crippen molar-refractivity contribution in [1.82, 2.24) is 4.98 Å². The first-order valence-corrected chi connectivity index (χ1v) is 8.65. The molecular weight excluding hydrogens is 372 g/mol. The zero-order chi connectivity index (χ0) is 19.1. The van der Waals surface area contributed by atoms with Crippen molar-refractivity contribution in [2.75, 3.05) is 0 Å². The standard InChI is InChI=1S/C17H10F4N2O2S/c18-10-4-9(5-11(19)6-10)12-2-1-3-23-17(12)13-7-15(21)16(8-14(13)20)26(22,24)25/h1-8H,(H2,22,24,25). The van der Waals surface area contributed by atoms with Crippen molar-refractivity contribution in [1.29, 1.82) is 0 Å². The number of halogens is 4. The molecule has 0 atom stereocenters. The van der Waals surface area contributed by atoms with Gasteiger partial charge in [0.15, 0.2) is 0 Å². The van der Waals surface area contributed by atoms with Gasteiger partial charge in [0.2, 0.25) is 10.0 Å². The SMILES string of the molecule is NS(=O)(=O)c1cc(F)c(-c2ncccc2-c2cc(F)cc(F)c2)cc1F. The molecule has 0 fully saturated rings.